The predicted octanol–water partition coefficient (Wildman–Crippen LogP) is 0.172. The molecule has 0 unspecified atom stereocenters. The molecule has 0 atom stereocenters. The fraction of sp³-hybridized carbons (Fsp3) is 0.400. The molecule has 5 nitrogen and oxygen atoms in total. The van der Waals surface area contributed by atoms with Crippen molar-refractivity contribution in [3.8, 4) is 0 Å². The second-order valence-corrected chi connectivity index (χ2v) is 6.22. The lowest BCUT2D eigenvalue weighted by atomic mass is 10.3. The van der Waals surface area contributed by atoms with E-state index in [0.717, 1.165) is 5.69 Å². The van der Waals surface area contributed by atoms with Crippen LogP contribution < -0.4 is 5.73 Å². The highest BCUT2D eigenvalue weighted by molar-refractivity contribution is 7.92. The molecule has 1 heterocycles. The summed E-state index contributed by atoms with van der Waals surface area (Å²) in [5.41, 5.74) is 6.09. The van der Waals surface area contributed by atoms with E-state index in [1.54, 1.807) is 6.20 Å². The van der Waals surface area contributed by atoms with Gasteiger partial charge in [-0.2, -0.15) is 0 Å². The third-order valence-corrected chi connectivity index (χ3v) is 4.34. The largest absolute Gasteiger partial charge is 0.392 e. The number of nitrogens with zero attached hydrogens (tertiary/aromatic N) is 2. The molecular weight excluding hydrogens is 258 g/mol. The van der Waals surface area contributed by atoms with E-state index in [1.165, 1.54) is 11.4 Å². The highest BCUT2D eigenvalue weighted by Gasteiger charge is 2.18. The third kappa shape index (κ3) is 4.76. The molecule has 17 heavy (non-hydrogen) atoms. The Morgan fingerprint density at radius 1 is 1.53 bits per heavy atom. The molecule has 1 aromatic heterocycles. The minimum atomic E-state index is -3.39. The molecule has 0 aromatic carbocycles. The molecule has 0 amide bonds. The molecule has 0 bridgehead atoms. The van der Waals surface area contributed by atoms with Crippen LogP contribution in [-0.4, -0.2) is 42.0 Å². The fourth-order valence-corrected chi connectivity index (χ4v) is 2.64. The number of nitrogens with two attached hydrogens (primary N) is 1. The van der Waals surface area contributed by atoms with E-state index in [9.17, 15) is 8.42 Å². The topological polar surface area (TPSA) is 76.3 Å². The number of hydrogen-bond donors (Lipinski definition) is 1. The summed E-state index contributed by atoms with van der Waals surface area (Å²) in [6.45, 7) is 0.363. The quantitative estimate of drug-likeness (QED) is 0.748. The number of rotatable bonds is 6. The van der Waals surface area contributed by atoms with Gasteiger partial charge in [-0.3, -0.25) is 4.98 Å². The van der Waals surface area contributed by atoms with Gasteiger partial charge >= 0.3 is 0 Å². The number of sulfonamides is 1. The van der Waals surface area contributed by atoms with Crippen molar-refractivity contribution < 1.29 is 8.42 Å². The van der Waals surface area contributed by atoms with Crippen LogP contribution >= 0.6 is 12.2 Å². The van der Waals surface area contributed by atoms with Crippen LogP contribution in [0.4, 0.5) is 0 Å². The molecule has 0 aliphatic carbocycles. The Balaban J connectivity index is 2.55. The second-order valence-electron chi connectivity index (χ2n) is 3.62. The van der Waals surface area contributed by atoms with E-state index in [1.807, 2.05) is 18.2 Å². The van der Waals surface area contributed by atoms with Gasteiger partial charge in [0, 0.05) is 31.9 Å². The summed E-state index contributed by atoms with van der Waals surface area (Å²) in [5.74, 6) is -0.291. The maximum Gasteiger partial charge on any atom is 0.220 e. The van der Waals surface area contributed by atoms with E-state index >= 15 is 0 Å². The van der Waals surface area contributed by atoms with Crippen molar-refractivity contribution in [1.29, 1.82) is 0 Å². The monoisotopic (exact) mass is 273 g/mol. The Morgan fingerprint density at radius 2 is 2.24 bits per heavy atom. The lowest BCUT2D eigenvalue weighted by Crippen LogP contribution is -2.35. The highest BCUT2D eigenvalue weighted by atomic mass is 32.2. The van der Waals surface area contributed by atoms with E-state index in [0.29, 0.717) is 13.0 Å². The van der Waals surface area contributed by atoms with Crippen LogP contribution in [0.25, 0.3) is 0 Å². The third-order valence-electron chi connectivity index (χ3n) is 2.21. The highest BCUT2D eigenvalue weighted by Crippen LogP contribution is 2.02. The van der Waals surface area contributed by atoms with Gasteiger partial charge in [-0.05, 0) is 12.1 Å². The first-order chi connectivity index (χ1) is 7.92. The van der Waals surface area contributed by atoms with Gasteiger partial charge in [0.1, 0.15) is 5.75 Å². The van der Waals surface area contributed by atoms with Gasteiger partial charge in [0.15, 0.2) is 0 Å². The predicted molar refractivity (Wildman–Crippen MR) is 71.1 cm³/mol. The molecule has 0 saturated heterocycles. The van der Waals surface area contributed by atoms with Crippen molar-refractivity contribution >= 4 is 27.2 Å². The first-order valence-corrected chi connectivity index (χ1v) is 7.06. The Morgan fingerprint density at radius 3 is 2.76 bits per heavy atom. The van der Waals surface area contributed by atoms with Gasteiger partial charge in [-0.1, -0.05) is 18.3 Å². The van der Waals surface area contributed by atoms with Crippen LogP contribution in [0.2, 0.25) is 0 Å². The molecule has 1 rings (SSSR count). The number of thiocarbonyl (C=S) groups is 1. The Kier molecular flexibility index (Phi) is 4.98. The van der Waals surface area contributed by atoms with Gasteiger partial charge in [0.2, 0.25) is 10.0 Å². The number of hydrogen-bond acceptors (Lipinski definition) is 4. The average Bonchev–Trinajstić information content (AvgIpc) is 2.25. The second kappa shape index (κ2) is 6.04. The molecular formula is C10H15N3O2S2. The summed E-state index contributed by atoms with van der Waals surface area (Å²) in [6.07, 6.45) is 2.24. The van der Waals surface area contributed by atoms with E-state index in [2.05, 4.69) is 17.2 Å². The van der Waals surface area contributed by atoms with E-state index in [4.69, 9.17) is 5.73 Å². The van der Waals surface area contributed by atoms with Crippen LogP contribution in [0.3, 0.4) is 0 Å². The SMILES string of the molecule is CN(CCc1ccccn1)S(=O)(=O)CC(N)=S. The van der Waals surface area contributed by atoms with Crippen LogP contribution in [0.15, 0.2) is 24.4 Å². The number of likely N-dealkylation sites (N-methyl/N-ethyl adjacent to an activating group) is 1. The van der Waals surface area contributed by atoms with Gasteiger partial charge in [-0.15, -0.1) is 0 Å². The Hall–Kier alpha value is -1.05. The average molecular weight is 273 g/mol. The summed E-state index contributed by atoms with van der Waals surface area (Å²) in [5, 5.41) is 0. The van der Waals surface area contributed by atoms with Crippen molar-refractivity contribution in [1.82, 2.24) is 9.29 Å². The molecule has 0 aliphatic rings. The summed E-state index contributed by atoms with van der Waals surface area (Å²) in [7, 11) is -1.88. The zero-order chi connectivity index (χ0) is 12.9. The summed E-state index contributed by atoms with van der Waals surface area (Å²) in [6, 6.07) is 5.54. The van der Waals surface area contributed by atoms with Crippen LogP contribution in [0, 0.1) is 0 Å². The Labute approximate surface area is 107 Å². The minimum absolute atomic E-state index is 0.0188. The maximum absolute atomic E-state index is 11.7. The molecule has 2 N–H and O–H groups in total. The van der Waals surface area contributed by atoms with Crippen LogP contribution in [-0.2, 0) is 16.4 Å². The molecule has 0 radical (unpaired) electrons. The molecule has 0 aliphatic heterocycles. The first kappa shape index (κ1) is 14.0. The molecule has 7 heteroatoms. The fourth-order valence-electron chi connectivity index (χ4n) is 1.25. The van der Waals surface area contributed by atoms with Crippen molar-refractivity contribution in [2.45, 2.75) is 6.42 Å². The molecule has 0 spiro atoms. The van der Waals surface area contributed by atoms with Crippen molar-refractivity contribution in [2.75, 3.05) is 19.3 Å². The number of pyridine rings is 1. The van der Waals surface area contributed by atoms with Gasteiger partial charge in [0.25, 0.3) is 0 Å². The molecule has 0 fully saturated rings. The Bertz CT molecular complexity index is 474. The zero-order valence-corrected chi connectivity index (χ0v) is 11.2. The normalized spacial score (nSPS) is 11.6. The lowest BCUT2D eigenvalue weighted by Gasteiger charge is -2.16. The summed E-state index contributed by atoms with van der Waals surface area (Å²) in [4.78, 5) is 4.10. The minimum Gasteiger partial charge on any atom is -0.392 e. The molecule has 0 saturated carbocycles. The summed E-state index contributed by atoms with van der Waals surface area (Å²) >= 11 is 4.60. The van der Waals surface area contributed by atoms with Crippen LogP contribution in [0.5, 0.6) is 0 Å². The van der Waals surface area contributed by atoms with E-state index < -0.39 is 10.0 Å². The van der Waals surface area contributed by atoms with Gasteiger partial charge in [0.05, 0.1) is 4.99 Å². The van der Waals surface area contributed by atoms with Gasteiger partial charge in [-0.25, -0.2) is 12.7 Å². The zero-order valence-electron chi connectivity index (χ0n) is 9.54. The number of aromatic nitrogens is 1. The molecule has 94 valence electrons. The molecule has 1 aromatic rings. The van der Waals surface area contributed by atoms with Gasteiger partial charge < -0.3 is 5.73 Å². The van der Waals surface area contributed by atoms with Crippen molar-refractivity contribution in [3.05, 3.63) is 30.1 Å². The lowest BCUT2D eigenvalue weighted by molar-refractivity contribution is 0.474. The first-order valence-electron chi connectivity index (χ1n) is 5.04. The standard InChI is InChI=1S/C10H15N3O2S2/c1-13(17(14,15)8-10(11)16)7-5-9-4-2-3-6-12-9/h2-4,6H,5,7-8H2,1H3,(H2,11,16). The van der Waals surface area contributed by atoms with Crippen molar-refractivity contribution in [2.24, 2.45) is 5.73 Å². The smallest absolute Gasteiger partial charge is 0.220 e. The van der Waals surface area contributed by atoms with Crippen LogP contribution in [0.1, 0.15) is 5.69 Å². The maximum atomic E-state index is 11.7. The summed E-state index contributed by atoms with van der Waals surface area (Å²) < 4.78 is 24.7. The van der Waals surface area contributed by atoms with Crippen molar-refractivity contribution in [3.63, 3.8) is 0 Å². The van der Waals surface area contributed by atoms with E-state index in [-0.39, 0.29) is 10.7 Å².